The Morgan fingerprint density at radius 3 is 2.27 bits per heavy atom. The van der Waals surface area contributed by atoms with Crippen molar-refractivity contribution in [3.05, 3.63) is 89.0 Å². The highest BCUT2D eigenvalue weighted by Gasteiger charge is 2.33. The number of hydrogen-bond donors (Lipinski definition) is 1. The smallest absolute Gasteiger partial charge is 0.389 e. The molecule has 0 aliphatic carbocycles. The fourth-order valence-electron chi connectivity index (χ4n) is 4.59. The second-order valence-corrected chi connectivity index (χ2v) is 9.69. The van der Waals surface area contributed by atoms with Crippen LogP contribution in [0, 0.1) is 11.6 Å². The number of nitrogens with zero attached hydrogens (tertiary/aromatic N) is 1. The first-order chi connectivity index (χ1) is 19.5. The van der Waals surface area contributed by atoms with E-state index in [4.69, 9.17) is 4.42 Å². The van der Waals surface area contributed by atoms with Crippen LogP contribution in [-0.2, 0) is 6.42 Å². The molecule has 2 amide bonds. The number of carbonyl (C=O) groups excluding carboxylic acids is 2. The Morgan fingerprint density at radius 2 is 1.63 bits per heavy atom. The van der Waals surface area contributed by atoms with Gasteiger partial charge in [0.1, 0.15) is 23.0 Å². The van der Waals surface area contributed by atoms with Crippen molar-refractivity contribution in [2.45, 2.75) is 45.2 Å². The van der Waals surface area contributed by atoms with Crippen LogP contribution in [0.15, 0.2) is 65.1 Å². The summed E-state index contributed by atoms with van der Waals surface area (Å²) in [5.41, 5.74) is -0.484. The summed E-state index contributed by atoms with van der Waals surface area (Å²) in [6, 6.07) is 14.6. The molecule has 3 aromatic carbocycles. The van der Waals surface area contributed by atoms with E-state index in [1.165, 1.54) is 30.1 Å². The van der Waals surface area contributed by atoms with Crippen LogP contribution in [0.2, 0.25) is 0 Å². The minimum atomic E-state index is -4.55. The van der Waals surface area contributed by atoms with E-state index in [1.807, 2.05) is 6.92 Å². The maximum Gasteiger partial charge on any atom is 0.389 e. The SMILES string of the molecule is CCCCCNC(=O)c1c(CCC(F)(F)F)cc2oc(-c3ccc(F)cc3)c(C(=O)N(C)c3ccccc3)c2c1F. The predicted octanol–water partition coefficient (Wildman–Crippen LogP) is 8.07. The maximum absolute atomic E-state index is 16.4. The summed E-state index contributed by atoms with van der Waals surface area (Å²) in [6.45, 7) is 2.17. The third kappa shape index (κ3) is 6.75. The molecule has 1 aromatic heterocycles. The van der Waals surface area contributed by atoms with Crippen molar-refractivity contribution in [1.29, 1.82) is 0 Å². The number of hydrogen-bond acceptors (Lipinski definition) is 3. The van der Waals surface area contributed by atoms with Crippen LogP contribution in [0.3, 0.4) is 0 Å². The molecule has 0 spiro atoms. The molecular weight excluding hydrogens is 543 g/mol. The van der Waals surface area contributed by atoms with Crippen LogP contribution >= 0.6 is 0 Å². The van der Waals surface area contributed by atoms with Gasteiger partial charge in [0.25, 0.3) is 11.8 Å². The fourth-order valence-corrected chi connectivity index (χ4v) is 4.59. The average Bonchev–Trinajstić information content (AvgIpc) is 3.33. The average molecular weight is 573 g/mol. The summed E-state index contributed by atoms with van der Waals surface area (Å²) in [4.78, 5) is 28.3. The second-order valence-electron chi connectivity index (χ2n) is 9.69. The lowest BCUT2D eigenvalue weighted by atomic mass is 9.96. The highest BCUT2D eigenvalue weighted by Crippen LogP contribution is 2.39. The van der Waals surface area contributed by atoms with E-state index in [9.17, 15) is 27.2 Å². The summed E-state index contributed by atoms with van der Waals surface area (Å²) in [6.07, 6.45) is -4.24. The molecular formula is C31H29F5N2O3. The third-order valence-electron chi connectivity index (χ3n) is 6.74. The molecule has 0 fully saturated rings. The standard InChI is InChI=1S/C31H29F5N2O3/c1-3-4-8-17-37-29(39)24-20(15-16-31(34,35)36)18-23-25(27(24)33)26(28(41-23)19-11-13-21(32)14-12-19)30(40)38(2)22-9-6-5-7-10-22/h5-7,9-14,18H,3-4,8,15-17H2,1-2H3,(H,37,39). The number of amides is 2. The van der Waals surface area contributed by atoms with Crippen LogP contribution < -0.4 is 10.2 Å². The van der Waals surface area contributed by atoms with Crippen LogP contribution in [-0.4, -0.2) is 31.6 Å². The van der Waals surface area contributed by atoms with Crippen molar-refractivity contribution in [2.24, 2.45) is 0 Å². The Morgan fingerprint density at radius 1 is 0.951 bits per heavy atom. The van der Waals surface area contributed by atoms with E-state index in [-0.39, 0.29) is 40.0 Å². The lowest BCUT2D eigenvalue weighted by Gasteiger charge is -2.18. The van der Waals surface area contributed by atoms with E-state index in [2.05, 4.69) is 5.32 Å². The van der Waals surface area contributed by atoms with Gasteiger partial charge in [0.15, 0.2) is 0 Å². The van der Waals surface area contributed by atoms with Gasteiger partial charge in [0.2, 0.25) is 0 Å². The number of para-hydroxylation sites is 1. The first-order valence-electron chi connectivity index (χ1n) is 13.2. The second kappa shape index (κ2) is 12.5. The Hall–Kier alpha value is -4.21. The topological polar surface area (TPSA) is 62.6 Å². The molecule has 0 aliphatic rings. The zero-order chi connectivity index (χ0) is 29.7. The zero-order valence-corrected chi connectivity index (χ0v) is 22.6. The van der Waals surface area contributed by atoms with Gasteiger partial charge in [-0.25, -0.2) is 8.78 Å². The maximum atomic E-state index is 16.4. The highest BCUT2D eigenvalue weighted by atomic mass is 19.4. The third-order valence-corrected chi connectivity index (χ3v) is 6.74. The van der Waals surface area contributed by atoms with Crippen molar-refractivity contribution < 1.29 is 36.0 Å². The molecule has 1 N–H and O–H groups in total. The number of furan rings is 1. The lowest BCUT2D eigenvalue weighted by molar-refractivity contribution is -0.134. The predicted molar refractivity (Wildman–Crippen MR) is 147 cm³/mol. The molecule has 216 valence electrons. The molecule has 4 aromatic rings. The summed E-state index contributed by atoms with van der Waals surface area (Å²) >= 11 is 0. The van der Waals surface area contributed by atoms with E-state index >= 15 is 4.39 Å². The van der Waals surface area contributed by atoms with E-state index in [0.29, 0.717) is 12.1 Å². The van der Waals surface area contributed by atoms with Crippen molar-refractivity contribution in [2.75, 3.05) is 18.5 Å². The van der Waals surface area contributed by atoms with Gasteiger partial charge in [-0.1, -0.05) is 38.0 Å². The van der Waals surface area contributed by atoms with Gasteiger partial charge < -0.3 is 14.6 Å². The Kier molecular flexibility index (Phi) is 9.10. The molecule has 0 unspecified atom stereocenters. The normalized spacial score (nSPS) is 11.6. The molecule has 4 rings (SSSR count). The highest BCUT2D eigenvalue weighted by molar-refractivity contribution is 6.18. The van der Waals surface area contributed by atoms with Crippen LogP contribution in [0.5, 0.6) is 0 Å². The van der Waals surface area contributed by atoms with Crippen LogP contribution in [0.1, 0.15) is 58.9 Å². The molecule has 0 saturated carbocycles. The number of alkyl halides is 3. The number of anilines is 1. The van der Waals surface area contributed by atoms with Crippen molar-refractivity contribution in [3.8, 4) is 11.3 Å². The molecule has 0 saturated heterocycles. The number of carbonyl (C=O) groups is 2. The van der Waals surface area contributed by atoms with Crippen molar-refractivity contribution in [1.82, 2.24) is 5.32 Å². The van der Waals surface area contributed by atoms with Gasteiger partial charge in [-0.2, -0.15) is 13.2 Å². The number of unbranched alkanes of at least 4 members (excludes halogenated alkanes) is 2. The monoisotopic (exact) mass is 572 g/mol. The van der Waals surface area contributed by atoms with Gasteiger partial charge in [0, 0.05) is 31.3 Å². The number of aryl methyl sites for hydroxylation is 1. The number of halogens is 5. The van der Waals surface area contributed by atoms with Gasteiger partial charge in [-0.15, -0.1) is 0 Å². The Bertz CT molecular complexity index is 1530. The van der Waals surface area contributed by atoms with E-state index in [0.717, 1.165) is 25.0 Å². The molecule has 0 bridgehead atoms. The molecule has 1 heterocycles. The zero-order valence-electron chi connectivity index (χ0n) is 22.6. The summed E-state index contributed by atoms with van der Waals surface area (Å²) in [7, 11) is 1.47. The molecule has 0 radical (unpaired) electrons. The number of rotatable bonds is 10. The van der Waals surface area contributed by atoms with Gasteiger partial charge in [-0.05, 0) is 60.9 Å². The fraction of sp³-hybridized carbons (Fsp3) is 0.290. The minimum Gasteiger partial charge on any atom is -0.455 e. The quantitative estimate of drug-likeness (QED) is 0.154. The van der Waals surface area contributed by atoms with Gasteiger partial charge in [-0.3, -0.25) is 9.59 Å². The molecule has 0 atom stereocenters. The summed E-state index contributed by atoms with van der Waals surface area (Å²) in [5.74, 6) is -3.38. The lowest BCUT2D eigenvalue weighted by Crippen LogP contribution is -2.28. The molecule has 41 heavy (non-hydrogen) atoms. The van der Waals surface area contributed by atoms with E-state index in [1.54, 1.807) is 30.3 Å². The first-order valence-corrected chi connectivity index (χ1v) is 13.2. The van der Waals surface area contributed by atoms with E-state index < -0.39 is 48.0 Å². The Labute approximate surface area is 233 Å². The number of benzene rings is 3. The minimum absolute atomic E-state index is 0.103. The van der Waals surface area contributed by atoms with Crippen molar-refractivity contribution >= 4 is 28.5 Å². The molecule has 10 heteroatoms. The van der Waals surface area contributed by atoms with Crippen molar-refractivity contribution in [3.63, 3.8) is 0 Å². The number of fused-ring (bicyclic) bond motifs is 1. The first kappa shape index (κ1) is 29.8. The van der Waals surface area contributed by atoms with Crippen LogP contribution in [0.4, 0.5) is 27.6 Å². The Balaban J connectivity index is 1.94. The molecule has 5 nitrogen and oxygen atoms in total. The largest absolute Gasteiger partial charge is 0.455 e. The summed E-state index contributed by atoms with van der Waals surface area (Å²) in [5, 5.41) is 2.25. The molecule has 0 aliphatic heterocycles. The van der Waals surface area contributed by atoms with Gasteiger partial charge >= 0.3 is 6.18 Å². The van der Waals surface area contributed by atoms with Crippen LogP contribution in [0.25, 0.3) is 22.3 Å². The van der Waals surface area contributed by atoms with Gasteiger partial charge in [0.05, 0.1) is 16.5 Å². The number of nitrogens with one attached hydrogen (secondary N) is 1. The summed E-state index contributed by atoms with van der Waals surface area (Å²) < 4.78 is 75.5.